The molecular weight excluding hydrogens is 414 g/mol. The van der Waals surface area contributed by atoms with E-state index in [-0.39, 0.29) is 17.2 Å². The van der Waals surface area contributed by atoms with Crippen LogP contribution in [0.25, 0.3) is 0 Å². The summed E-state index contributed by atoms with van der Waals surface area (Å²) in [6.45, 7) is 7.41. The lowest BCUT2D eigenvalue weighted by atomic mass is 10.1. The van der Waals surface area contributed by atoms with Crippen LogP contribution in [0.15, 0.2) is 72.8 Å². The van der Waals surface area contributed by atoms with Crippen LogP contribution < -0.4 is 9.64 Å². The van der Waals surface area contributed by atoms with Crippen LogP contribution in [0.1, 0.15) is 22.3 Å². The Morgan fingerprint density at radius 3 is 1.73 bits per heavy atom. The number of aryl methyl sites for hydroxylation is 4. The first-order valence-corrected chi connectivity index (χ1v) is 10.7. The van der Waals surface area contributed by atoms with Crippen molar-refractivity contribution in [1.29, 1.82) is 0 Å². The average molecular weight is 442 g/mol. The van der Waals surface area contributed by atoms with Crippen LogP contribution >= 0.6 is 0 Å². The van der Waals surface area contributed by atoms with Crippen LogP contribution in [-0.2, 0) is 0 Å². The minimum Gasteiger partial charge on any atom is -0.508 e. The summed E-state index contributed by atoms with van der Waals surface area (Å²) in [7, 11) is 0. The number of rotatable bonds is 5. The lowest BCUT2D eigenvalue weighted by molar-refractivity contribution is 0.407. The monoisotopic (exact) mass is 441 g/mol. The first kappa shape index (κ1) is 22.1. The molecule has 3 N–H and O–H groups in total. The molecule has 0 aliphatic carbocycles. The van der Waals surface area contributed by atoms with Crippen molar-refractivity contribution in [3.8, 4) is 28.7 Å². The van der Waals surface area contributed by atoms with Crippen molar-refractivity contribution < 1.29 is 20.1 Å². The highest BCUT2D eigenvalue weighted by Crippen LogP contribution is 2.45. The van der Waals surface area contributed by atoms with Crippen LogP contribution in [0.3, 0.4) is 0 Å². The molecule has 0 fully saturated rings. The fourth-order valence-corrected chi connectivity index (χ4v) is 3.72. The Bertz CT molecular complexity index is 1280. The van der Waals surface area contributed by atoms with Gasteiger partial charge in [-0.05, 0) is 98.5 Å². The summed E-state index contributed by atoms with van der Waals surface area (Å²) in [4.78, 5) is 2.00. The number of para-hydroxylation sites is 2. The third kappa shape index (κ3) is 4.30. The van der Waals surface area contributed by atoms with E-state index in [4.69, 9.17) is 4.74 Å². The van der Waals surface area contributed by atoms with E-state index in [1.165, 1.54) is 0 Å². The molecule has 4 aromatic rings. The molecule has 0 heterocycles. The smallest absolute Gasteiger partial charge is 0.172 e. The first-order chi connectivity index (χ1) is 15.8. The van der Waals surface area contributed by atoms with E-state index in [9.17, 15) is 15.3 Å². The zero-order valence-corrected chi connectivity index (χ0v) is 19.1. The average Bonchev–Trinajstić information content (AvgIpc) is 2.80. The Labute approximate surface area is 193 Å². The van der Waals surface area contributed by atoms with Gasteiger partial charge in [0.15, 0.2) is 17.2 Å². The molecule has 0 aliphatic heterocycles. The number of nitrogens with zero attached hydrogens (tertiary/aromatic N) is 1. The van der Waals surface area contributed by atoms with E-state index in [0.29, 0.717) is 11.5 Å². The third-order valence-corrected chi connectivity index (χ3v) is 5.73. The molecule has 5 nitrogen and oxygen atoms in total. The molecule has 0 bridgehead atoms. The second-order valence-electron chi connectivity index (χ2n) is 8.22. The highest BCUT2D eigenvalue weighted by Gasteiger charge is 2.20. The molecule has 0 amide bonds. The highest BCUT2D eigenvalue weighted by atomic mass is 16.5. The number of benzene rings is 4. The summed E-state index contributed by atoms with van der Waals surface area (Å²) in [5.41, 5.74) is 5.40. The van der Waals surface area contributed by atoms with E-state index >= 15 is 0 Å². The maximum absolute atomic E-state index is 10.6. The minimum atomic E-state index is 0.109. The van der Waals surface area contributed by atoms with E-state index in [1.54, 1.807) is 12.1 Å². The van der Waals surface area contributed by atoms with Crippen molar-refractivity contribution >= 4 is 17.1 Å². The van der Waals surface area contributed by atoms with Gasteiger partial charge in [-0.1, -0.05) is 24.3 Å². The van der Waals surface area contributed by atoms with E-state index in [0.717, 1.165) is 39.3 Å². The van der Waals surface area contributed by atoms with Crippen LogP contribution in [0.4, 0.5) is 17.1 Å². The normalized spacial score (nSPS) is 10.8. The maximum Gasteiger partial charge on any atom is 0.172 e. The number of ether oxygens (including phenoxy) is 1. The molecule has 5 heteroatoms. The Morgan fingerprint density at radius 2 is 1.15 bits per heavy atom. The van der Waals surface area contributed by atoms with E-state index < -0.39 is 0 Å². The molecular formula is C28H27NO4. The molecule has 0 saturated carbocycles. The largest absolute Gasteiger partial charge is 0.508 e. The van der Waals surface area contributed by atoms with Crippen LogP contribution in [-0.4, -0.2) is 15.3 Å². The van der Waals surface area contributed by atoms with Crippen LogP contribution in [0, 0.1) is 27.7 Å². The van der Waals surface area contributed by atoms with Crippen molar-refractivity contribution in [1.82, 2.24) is 0 Å². The predicted octanol–water partition coefficient (Wildman–Crippen LogP) is 7.30. The number of phenolic OH excluding ortho intramolecular Hbond substituents is 3. The fourth-order valence-electron chi connectivity index (χ4n) is 3.72. The fraction of sp³-hybridized carbons (Fsp3) is 0.143. The Balaban J connectivity index is 1.91. The predicted molar refractivity (Wildman–Crippen MR) is 132 cm³/mol. The van der Waals surface area contributed by atoms with Crippen LogP contribution in [0.5, 0.6) is 28.7 Å². The lowest BCUT2D eigenvalue weighted by Gasteiger charge is -2.28. The van der Waals surface area contributed by atoms with Gasteiger partial charge < -0.3 is 25.0 Å². The van der Waals surface area contributed by atoms with Gasteiger partial charge in [0.05, 0.1) is 5.69 Å². The van der Waals surface area contributed by atoms with Gasteiger partial charge in [-0.2, -0.15) is 0 Å². The van der Waals surface area contributed by atoms with Gasteiger partial charge in [0, 0.05) is 11.4 Å². The molecule has 33 heavy (non-hydrogen) atoms. The summed E-state index contributed by atoms with van der Waals surface area (Å²) in [6, 6.07) is 22.1. The number of hydrogen-bond donors (Lipinski definition) is 3. The topological polar surface area (TPSA) is 73.2 Å². The Kier molecular flexibility index (Phi) is 5.88. The molecule has 0 unspecified atom stereocenters. The highest BCUT2D eigenvalue weighted by molar-refractivity contribution is 5.81. The Morgan fingerprint density at radius 1 is 0.606 bits per heavy atom. The lowest BCUT2D eigenvalue weighted by Crippen LogP contribution is -2.11. The summed E-state index contributed by atoms with van der Waals surface area (Å²) < 4.78 is 6.29. The Hall–Kier alpha value is -4.12. The van der Waals surface area contributed by atoms with Gasteiger partial charge in [-0.3, -0.25) is 0 Å². The van der Waals surface area contributed by atoms with Gasteiger partial charge in [0.2, 0.25) is 0 Å². The minimum absolute atomic E-state index is 0.109. The van der Waals surface area contributed by atoms with Gasteiger partial charge >= 0.3 is 0 Å². The second kappa shape index (κ2) is 8.79. The van der Waals surface area contributed by atoms with Crippen molar-refractivity contribution in [2.45, 2.75) is 27.7 Å². The summed E-state index contributed by atoms with van der Waals surface area (Å²) in [6.07, 6.45) is 0. The molecule has 0 saturated heterocycles. The molecule has 168 valence electrons. The first-order valence-electron chi connectivity index (χ1n) is 10.7. The standard InChI is InChI=1S/C28H27NO4/c1-17-9-10-18(2)28(27(17)32)33-26-8-6-5-7-23(26)29(21-11-13-24(30)19(3)15-21)22-12-14-25(31)20(4)16-22/h5-16,30-32H,1-4H3. The zero-order valence-electron chi connectivity index (χ0n) is 19.1. The molecule has 0 atom stereocenters. The maximum atomic E-state index is 10.6. The number of aromatic hydroxyl groups is 3. The van der Waals surface area contributed by atoms with Crippen molar-refractivity contribution in [2.24, 2.45) is 0 Å². The van der Waals surface area contributed by atoms with Gasteiger partial charge in [0.1, 0.15) is 11.5 Å². The molecule has 0 radical (unpaired) electrons. The van der Waals surface area contributed by atoms with Crippen LogP contribution in [0.2, 0.25) is 0 Å². The second-order valence-corrected chi connectivity index (χ2v) is 8.22. The van der Waals surface area contributed by atoms with Crippen molar-refractivity contribution in [3.05, 3.63) is 95.1 Å². The molecule has 0 aliphatic rings. The molecule has 4 rings (SSSR count). The quantitative estimate of drug-likeness (QED) is 0.303. The summed E-state index contributed by atoms with van der Waals surface area (Å²) in [5, 5.41) is 30.8. The molecule has 4 aromatic carbocycles. The SMILES string of the molecule is Cc1cc(N(c2ccc(O)c(C)c2)c2ccccc2Oc2c(C)ccc(C)c2O)ccc1O. The third-order valence-electron chi connectivity index (χ3n) is 5.73. The summed E-state index contributed by atoms with van der Waals surface area (Å²) in [5.74, 6) is 1.50. The summed E-state index contributed by atoms with van der Waals surface area (Å²) >= 11 is 0. The number of phenols is 3. The van der Waals surface area contributed by atoms with Crippen molar-refractivity contribution in [2.75, 3.05) is 4.90 Å². The zero-order chi connectivity index (χ0) is 23.7. The van der Waals surface area contributed by atoms with Crippen molar-refractivity contribution in [3.63, 3.8) is 0 Å². The molecule has 0 aromatic heterocycles. The van der Waals surface area contributed by atoms with Gasteiger partial charge in [-0.25, -0.2) is 0 Å². The van der Waals surface area contributed by atoms with Gasteiger partial charge in [-0.15, -0.1) is 0 Å². The molecule has 0 spiro atoms. The number of anilines is 3. The van der Waals surface area contributed by atoms with Gasteiger partial charge in [0.25, 0.3) is 0 Å². The number of hydrogen-bond acceptors (Lipinski definition) is 5. The van der Waals surface area contributed by atoms with E-state index in [1.807, 2.05) is 93.3 Å². The van der Waals surface area contributed by atoms with E-state index in [2.05, 4.69) is 0 Å².